The highest BCUT2D eigenvalue weighted by Crippen LogP contribution is 2.15. The molecule has 5 heteroatoms. The van der Waals surface area contributed by atoms with Crippen molar-refractivity contribution in [1.29, 1.82) is 0 Å². The molecule has 0 spiro atoms. The second kappa shape index (κ2) is 8.90. The lowest BCUT2D eigenvalue weighted by Gasteiger charge is -2.34. The number of rotatable bonds is 5. The molecule has 0 bridgehead atoms. The van der Waals surface area contributed by atoms with Crippen LogP contribution in [0.15, 0.2) is 54.6 Å². The minimum absolute atomic E-state index is 0.0477. The van der Waals surface area contributed by atoms with Gasteiger partial charge in [-0.1, -0.05) is 48.0 Å². The second-order valence-electron chi connectivity index (χ2n) is 6.52. The molecule has 0 unspecified atom stereocenters. The standard InChI is InChI=1S/C21H24N2O2S/c1-17-6-5-7-18(14-17)15-26-16-20(24)22-10-12-23(13-11-22)21(25)19-8-3-2-4-9-19/h2-9,14H,10-13,15-16H2,1H3. The minimum atomic E-state index is 0.0477. The molecule has 1 aliphatic rings. The van der Waals surface area contributed by atoms with E-state index in [-0.39, 0.29) is 11.8 Å². The van der Waals surface area contributed by atoms with Crippen LogP contribution < -0.4 is 0 Å². The number of nitrogens with zero attached hydrogens (tertiary/aromatic N) is 2. The molecule has 0 saturated carbocycles. The number of piperazine rings is 1. The Morgan fingerprint density at radius 3 is 2.31 bits per heavy atom. The van der Waals surface area contributed by atoms with Crippen LogP contribution in [0.25, 0.3) is 0 Å². The summed E-state index contributed by atoms with van der Waals surface area (Å²) in [5.74, 6) is 1.54. The molecular formula is C21H24N2O2S. The molecule has 0 radical (unpaired) electrons. The Bertz CT molecular complexity index is 756. The number of aryl methyl sites for hydroxylation is 1. The van der Waals surface area contributed by atoms with Gasteiger partial charge in [0.15, 0.2) is 0 Å². The molecule has 1 heterocycles. The van der Waals surface area contributed by atoms with Gasteiger partial charge in [0.05, 0.1) is 5.75 Å². The molecule has 4 nitrogen and oxygen atoms in total. The fourth-order valence-corrected chi connectivity index (χ4v) is 3.95. The van der Waals surface area contributed by atoms with Crippen molar-refractivity contribution in [2.24, 2.45) is 0 Å². The topological polar surface area (TPSA) is 40.6 Å². The van der Waals surface area contributed by atoms with Crippen molar-refractivity contribution < 1.29 is 9.59 Å². The summed E-state index contributed by atoms with van der Waals surface area (Å²) in [4.78, 5) is 28.6. The van der Waals surface area contributed by atoms with Crippen LogP contribution in [0.1, 0.15) is 21.5 Å². The third kappa shape index (κ3) is 4.88. The first-order valence-corrected chi connectivity index (χ1v) is 10.0. The molecule has 2 aromatic carbocycles. The van der Waals surface area contributed by atoms with Crippen LogP contribution in [0, 0.1) is 6.92 Å². The number of hydrogen-bond acceptors (Lipinski definition) is 3. The predicted octanol–water partition coefficient (Wildman–Crippen LogP) is 3.21. The highest BCUT2D eigenvalue weighted by atomic mass is 32.2. The highest BCUT2D eigenvalue weighted by Gasteiger charge is 2.24. The number of thioether (sulfide) groups is 1. The van der Waals surface area contributed by atoms with Crippen LogP contribution in [0.5, 0.6) is 0 Å². The fraction of sp³-hybridized carbons (Fsp3) is 0.333. The normalized spacial score (nSPS) is 14.3. The lowest BCUT2D eigenvalue weighted by molar-refractivity contribution is -0.129. The largest absolute Gasteiger partial charge is 0.338 e. The molecular weight excluding hydrogens is 344 g/mol. The first-order valence-electron chi connectivity index (χ1n) is 8.89. The number of carbonyl (C=O) groups is 2. The molecule has 2 amide bonds. The highest BCUT2D eigenvalue weighted by molar-refractivity contribution is 7.99. The van der Waals surface area contributed by atoms with Gasteiger partial charge in [-0.2, -0.15) is 0 Å². The molecule has 0 aliphatic carbocycles. The van der Waals surface area contributed by atoms with Gasteiger partial charge in [-0.3, -0.25) is 9.59 Å². The molecule has 26 heavy (non-hydrogen) atoms. The van der Waals surface area contributed by atoms with Gasteiger partial charge in [0, 0.05) is 37.5 Å². The van der Waals surface area contributed by atoms with E-state index in [1.165, 1.54) is 11.1 Å². The van der Waals surface area contributed by atoms with E-state index < -0.39 is 0 Å². The summed E-state index contributed by atoms with van der Waals surface area (Å²) in [5, 5.41) is 0. The van der Waals surface area contributed by atoms with Crippen molar-refractivity contribution in [3.05, 3.63) is 71.3 Å². The van der Waals surface area contributed by atoms with E-state index in [0.717, 1.165) is 5.75 Å². The summed E-state index contributed by atoms with van der Waals surface area (Å²) >= 11 is 1.65. The van der Waals surface area contributed by atoms with E-state index in [1.54, 1.807) is 11.8 Å². The van der Waals surface area contributed by atoms with Gasteiger partial charge in [0.2, 0.25) is 5.91 Å². The number of hydrogen-bond donors (Lipinski definition) is 0. The quantitative estimate of drug-likeness (QED) is 0.814. The summed E-state index contributed by atoms with van der Waals surface area (Å²) < 4.78 is 0. The summed E-state index contributed by atoms with van der Waals surface area (Å²) in [6, 6.07) is 17.7. The monoisotopic (exact) mass is 368 g/mol. The van der Waals surface area contributed by atoms with Crippen molar-refractivity contribution in [3.63, 3.8) is 0 Å². The van der Waals surface area contributed by atoms with Crippen LogP contribution in [0.4, 0.5) is 0 Å². The maximum Gasteiger partial charge on any atom is 0.253 e. The zero-order valence-electron chi connectivity index (χ0n) is 15.1. The molecule has 3 rings (SSSR count). The Kier molecular flexibility index (Phi) is 6.34. The van der Waals surface area contributed by atoms with Crippen molar-refractivity contribution >= 4 is 23.6 Å². The van der Waals surface area contributed by atoms with E-state index in [0.29, 0.717) is 37.5 Å². The molecule has 1 fully saturated rings. The van der Waals surface area contributed by atoms with Gasteiger partial charge in [0.25, 0.3) is 5.91 Å². The van der Waals surface area contributed by atoms with Crippen LogP contribution in [-0.4, -0.2) is 53.5 Å². The van der Waals surface area contributed by atoms with Crippen molar-refractivity contribution in [2.45, 2.75) is 12.7 Å². The smallest absolute Gasteiger partial charge is 0.253 e. The van der Waals surface area contributed by atoms with Crippen LogP contribution in [-0.2, 0) is 10.5 Å². The average molecular weight is 369 g/mol. The zero-order valence-corrected chi connectivity index (χ0v) is 15.9. The van der Waals surface area contributed by atoms with Gasteiger partial charge in [-0.15, -0.1) is 11.8 Å². The molecule has 2 aromatic rings. The van der Waals surface area contributed by atoms with E-state index in [9.17, 15) is 9.59 Å². The molecule has 1 saturated heterocycles. The van der Waals surface area contributed by atoms with Crippen LogP contribution >= 0.6 is 11.8 Å². The SMILES string of the molecule is Cc1cccc(CSCC(=O)N2CCN(C(=O)c3ccccc3)CC2)c1. The van der Waals surface area contributed by atoms with E-state index in [4.69, 9.17) is 0 Å². The lowest BCUT2D eigenvalue weighted by Crippen LogP contribution is -2.51. The molecule has 0 atom stereocenters. The van der Waals surface area contributed by atoms with Gasteiger partial charge in [-0.25, -0.2) is 0 Å². The first-order chi connectivity index (χ1) is 12.6. The predicted molar refractivity (Wildman–Crippen MR) is 106 cm³/mol. The summed E-state index contributed by atoms with van der Waals surface area (Å²) in [7, 11) is 0. The second-order valence-corrected chi connectivity index (χ2v) is 7.51. The Morgan fingerprint density at radius 1 is 0.923 bits per heavy atom. The summed E-state index contributed by atoms with van der Waals surface area (Å²) in [6.45, 7) is 4.50. The summed E-state index contributed by atoms with van der Waals surface area (Å²) in [5.41, 5.74) is 3.20. The molecule has 1 aliphatic heterocycles. The molecule has 0 N–H and O–H groups in total. The molecule has 0 aromatic heterocycles. The van der Waals surface area contributed by atoms with Gasteiger partial charge >= 0.3 is 0 Å². The fourth-order valence-electron chi connectivity index (χ4n) is 3.07. The third-order valence-corrected chi connectivity index (χ3v) is 5.51. The first kappa shape index (κ1) is 18.5. The average Bonchev–Trinajstić information content (AvgIpc) is 2.68. The maximum absolute atomic E-state index is 12.5. The Hall–Kier alpha value is -2.27. The van der Waals surface area contributed by atoms with E-state index in [2.05, 4.69) is 31.2 Å². The summed E-state index contributed by atoms with van der Waals surface area (Å²) in [6.07, 6.45) is 0. The lowest BCUT2D eigenvalue weighted by atomic mass is 10.2. The number of carbonyl (C=O) groups excluding carboxylic acids is 2. The van der Waals surface area contributed by atoms with E-state index in [1.807, 2.05) is 40.1 Å². The number of benzene rings is 2. The molecule has 136 valence electrons. The van der Waals surface area contributed by atoms with Crippen molar-refractivity contribution in [1.82, 2.24) is 9.80 Å². The van der Waals surface area contributed by atoms with Gasteiger partial charge in [-0.05, 0) is 24.6 Å². The van der Waals surface area contributed by atoms with Crippen molar-refractivity contribution in [3.8, 4) is 0 Å². The third-order valence-electron chi connectivity index (χ3n) is 4.52. The van der Waals surface area contributed by atoms with E-state index >= 15 is 0 Å². The Labute approximate surface area is 159 Å². The van der Waals surface area contributed by atoms with Gasteiger partial charge in [0.1, 0.15) is 0 Å². The minimum Gasteiger partial charge on any atom is -0.338 e. The van der Waals surface area contributed by atoms with Crippen LogP contribution in [0.2, 0.25) is 0 Å². The Morgan fingerprint density at radius 2 is 1.62 bits per heavy atom. The van der Waals surface area contributed by atoms with Crippen molar-refractivity contribution in [2.75, 3.05) is 31.9 Å². The maximum atomic E-state index is 12.5. The van der Waals surface area contributed by atoms with Gasteiger partial charge < -0.3 is 9.80 Å². The van der Waals surface area contributed by atoms with Crippen LogP contribution in [0.3, 0.4) is 0 Å². The number of amides is 2. The Balaban J connectivity index is 1.43. The zero-order chi connectivity index (χ0) is 18.4.